The Morgan fingerprint density at radius 3 is 2.25 bits per heavy atom. The molecule has 4 nitrogen and oxygen atoms in total. The summed E-state index contributed by atoms with van der Waals surface area (Å²) in [4.78, 5) is 15.7. The van der Waals surface area contributed by atoms with Crippen molar-refractivity contribution < 1.29 is 18.0 Å². The van der Waals surface area contributed by atoms with Crippen LogP contribution in [0, 0.1) is 23.2 Å². The molecular weight excluding hydrogens is 415 g/mol. The second-order valence-electron chi connectivity index (χ2n) is 9.28. The summed E-state index contributed by atoms with van der Waals surface area (Å²) in [7, 11) is 0. The highest BCUT2D eigenvalue weighted by Gasteiger charge is 2.35. The predicted molar refractivity (Wildman–Crippen MR) is 119 cm³/mol. The van der Waals surface area contributed by atoms with Crippen molar-refractivity contribution in [3.63, 3.8) is 0 Å². The van der Waals surface area contributed by atoms with Gasteiger partial charge >= 0.3 is 6.18 Å². The Hall–Kier alpha value is -2.07. The summed E-state index contributed by atoms with van der Waals surface area (Å²) in [6, 6.07) is 7.80. The molecule has 1 saturated heterocycles. The third kappa shape index (κ3) is 7.23. The lowest BCUT2D eigenvalue weighted by Gasteiger charge is -2.38. The molecule has 2 fully saturated rings. The summed E-state index contributed by atoms with van der Waals surface area (Å²) < 4.78 is 39.9. The zero-order valence-electron chi connectivity index (χ0n) is 18.7. The lowest BCUT2D eigenvalue weighted by atomic mass is 9.78. The fraction of sp³-hybridized carbons (Fsp3) is 0.680. The van der Waals surface area contributed by atoms with Crippen LogP contribution in [0.1, 0.15) is 63.4 Å². The quantitative estimate of drug-likeness (QED) is 0.487. The van der Waals surface area contributed by atoms with Crippen LogP contribution in [-0.4, -0.2) is 43.4 Å². The minimum atomic E-state index is -4.32. The van der Waals surface area contributed by atoms with E-state index in [0.717, 1.165) is 44.8 Å². The van der Waals surface area contributed by atoms with Crippen molar-refractivity contribution in [2.24, 2.45) is 11.8 Å². The minimum Gasteiger partial charge on any atom is -0.368 e. The van der Waals surface area contributed by atoms with E-state index in [-0.39, 0.29) is 12.2 Å². The average molecular weight is 450 g/mol. The van der Waals surface area contributed by atoms with Crippen LogP contribution in [0.2, 0.25) is 0 Å². The first kappa shape index (κ1) is 24.6. The highest BCUT2D eigenvalue weighted by Crippen LogP contribution is 2.37. The van der Waals surface area contributed by atoms with E-state index in [9.17, 15) is 18.0 Å². The number of para-hydroxylation sites is 1. The Balaban J connectivity index is 1.34. The van der Waals surface area contributed by atoms with Crippen LogP contribution < -0.4 is 4.90 Å². The van der Waals surface area contributed by atoms with Gasteiger partial charge in [-0.25, -0.2) is 0 Å². The fourth-order valence-electron chi connectivity index (χ4n) is 5.14. The number of carbonyl (C=O) groups is 1. The molecule has 3 rings (SSSR count). The number of hydrogen-bond donors (Lipinski definition) is 0. The van der Waals surface area contributed by atoms with Crippen LogP contribution in [0.4, 0.5) is 18.9 Å². The molecule has 7 heteroatoms. The van der Waals surface area contributed by atoms with Crippen molar-refractivity contribution in [3.8, 4) is 6.07 Å². The lowest BCUT2D eigenvalue weighted by Crippen LogP contribution is -2.47. The molecule has 1 heterocycles. The van der Waals surface area contributed by atoms with Crippen LogP contribution in [0.3, 0.4) is 0 Å². The molecular formula is C25H34F3N3O. The van der Waals surface area contributed by atoms with Crippen molar-refractivity contribution in [2.45, 2.75) is 64.0 Å². The Bertz CT molecular complexity index is 773. The van der Waals surface area contributed by atoms with Crippen LogP contribution in [-0.2, 0) is 11.0 Å². The van der Waals surface area contributed by atoms with E-state index < -0.39 is 11.7 Å². The van der Waals surface area contributed by atoms with E-state index in [4.69, 9.17) is 5.26 Å². The van der Waals surface area contributed by atoms with Gasteiger partial charge in [-0.3, -0.25) is 9.69 Å². The molecule has 1 aromatic carbocycles. The third-order valence-corrected chi connectivity index (χ3v) is 7.09. The molecule has 2 aliphatic rings. The first-order valence-electron chi connectivity index (χ1n) is 11.9. The SMILES string of the molecule is N#CCC(=O)CCCC1CCC(CCN2CCN(c3ccccc3C(F)(F)F)CC2)CC1. The molecule has 0 unspecified atom stereocenters. The first-order chi connectivity index (χ1) is 15.4. The summed E-state index contributed by atoms with van der Waals surface area (Å²) in [5.41, 5.74) is -0.244. The molecule has 176 valence electrons. The van der Waals surface area contributed by atoms with Crippen molar-refractivity contribution in [3.05, 3.63) is 29.8 Å². The van der Waals surface area contributed by atoms with Gasteiger partial charge in [0.15, 0.2) is 0 Å². The van der Waals surface area contributed by atoms with Crippen LogP contribution >= 0.6 is 0 Å². The van der Waals surface area contributed by atoms with Gasteiger partial charge in [0.1, 0.15) is 5.78 Å². The number of nitriles is 1. The van der Waals surface area contributed by atoms with E-state index in [2.05, 4.69) is 4.90 Å². The molecule has 0 atom stereocenters. The van der Waals surface area contributed by atoms with Crippen LogP contribution in [0.15, 0.2) is 24.3 Å². The van der Waals surface area contributed by atoms with Gasteiger partial charge in [0.25, 0.3) is 0 Å². The zero-order valence-corrected chi connectivity index (χ0v) is 18.7. The topological polar surface area (TPSA) is 47.3 Å². The summed E-state index contributed by atoms with van der Waals surface area (Å²) in [6.07, 6.45) is 4.31. The number of hydrogen-bond acceptors (Lipinski definition) is 4. The van der Waals surface area contributed by atoms with E-state index in [1.807, 2.05) is 11.0 Å². The second kappa shape index (κ2) is 11.7. The summed E-state index contributed by atoms with van der Waals surface area (Å²) in [6.45, 7) is 3.89. The fourth-order valence-corrected chi connectivity index (χ4v) is 5.14. The van der Waals surface area contributed by atoms with E-state index in [1.54, 1.807) is 12.1 Å². The molecule has 0 radical (unpaired) electrons. The van der Waals surface area contributed by atoms with Gasteiger partial charge in [0, 0.05) is 38.3 Å². The number of piperazine rings is 1. The van der Waals surface area contributed by atoms with E-state index in [0.29, 0.717) is 31.1 Å². The second-order valence-corrected chi connectivity index (χ2v) is 9.28. The Labute approximate surface area is 189 Å². The Morgan fingerprint density at radius 1 is 1.00 bits per heavy atom. The standard InChI is InChI=1S/C25H34F3N3O/c26-25(27,28)23-6-1-2-7-24(23)31-18-16-30(17-19-31)15-13-21-10-8-20(9-11-21)4-3-5-22(32)12-14-29/h1-2,6-7,20-21H,3-5,8-13,15-19H2. The first-order valence-corrected chi connectivity index (χ1v) is 11.9. The highest BCUT2D eigenvalue weighted by atomic mass is 19.4. The average Bonchev–Trinajstić information content (AvgIpc) is 2.78. The molecule has 0 N–H and O–H groups in total. The summed E-state index contributed by atoms with van der Waals surface area (Å²) in [5.74, 6) is 1.50. The van der Waals surface area contributed by atoms with Crippen molar-refractivity contribution in [1.82, 2.24) is 4.90 Å². The molecule has 1 aromatic rings. The third-order valence-electron chi connectivity index (χ3n) is 7.09. The van der Waals surface area contributed by atoms with E-state index >= 15 is 0 Å². The van der Waals surface area contributed by atoms with Gasteiger partial charge in [-0.1, -0.05) is 44.2 Å². The number of ketones is 1. The number of benzene rings is 1. The zero-order chi connectivity index (χ0) is 23.0. The maximum atomic E-state index is 13.3. The maximum absolute atomic E-state index is 13.3. The summed E-state index contributed by atoms with van der Waals surface area (Å²) in [5, 5.41) is 8.55. The number of carbonyl (C=O) groups excluding carboxylic acids is 1. The van der Waals surface area contributed by atoms with Gasteiger partial charge in [-0.2, -0.15) is 18.4 Å². The van der Waals surface area contributed by atoms with Crippen molar-refractivity contribution in [1.29, 1.82) is 5.26 Å². The van der Waals surface area contributed by atoms with Gasteiger partial charge in [-0.05, 0) is 43.4 Å². The molecule has 0 amide bonds. The van der Waals surface area contributed by atoms with Crippen LogP contribution in [0.25, 0.3) is 0 Å². The van der Waals surface area contributed by atoms with Gasteiger partial charge < -0.3 is 4.90 Å². The van der Waals surface area contributed by atoms with Gasteiger partial charge in [-0.15, -0.1) is 0 Å². The van der Waals surface area contributed by atoms with Crippen LogP contribution in [0.5, 0.6) is 0 Å². The van der Waals surface area contributed by atoms with Gasteiger partial charge in [0.2, 0.25) is 0 Å². The molecule has 0 bridgehead atoms. The number of nitrogens with zero attached hydrogens (tertiary/aromatic N) is 3. The molecule has 1 aliphatic heterocycles. The lowest BCUT2D eigenvalue weighted by molar-refractivity contribution is -0.137. The van der Waals surface area contributed by atoms with Crippen molar-refractivity contribution in [2.75, 3.05) is 37.6 Å². The van der Waals surface area contributed by atoms with Gasteiger partial charge in [0.05, 0.1) is 18.1 Å². The van der Waals surface area contributed by atoms with Crippen molar-refractivity contribution >= 4 is 11.5 Å². The largest absolute Gasteiger partial charge is 0.418 e. The molecule has 0 aromatic heterocycles. The number of rotatable bonds is 9. The Kier molecular flexibility index (Phi) is 8.98. The smallest absolute Gasteiger partial charge is 0.368 e. The Morgan fingerprint density at radius 2 is 1.62 bits per heavy atom. The normalized spacial score (nSPS) is 22.5. The molecule has 1 aliphatic carbocycles. The van der Waals surface area contributed by atoms with E-state index in [1.165, 1.54) is 37.8 Å². The number of alkyl halides is 3. The molecule has 32 heavy (non-hydrogen) atoms. The molecule has 0 spiro atoms. The number of halogens is 3. The monoisotopic (exact) mass is 449 g/mol. The predicted octanol–water partition coefficient (Wildman–Crippen LogP) is 5.68. The number of Topliss-reactive ketones (excluding diaryl/α,β-unsaturated/α-hetero) is 1. The minimum absolute atomic E-state index is 0.0375. The molecule has 1 saturated carbocycles. The highest BCUT2D eigenvalue weighted by molar-refractivity contribution is 5.80. The summed E-state index contributed by atoms with van der Waals surface area (Å²) >= 11 is 0. The maximum Gasteiger partial charge on any atom is 0.418 e. The number of anilines is 1.